The number of piperazine rings is 1. The van der Waals surface area contributed by atoms with Gasteiger partial charge in [0.1, 0.15) is 11.6 Å². The molecule has 3 heterocycles. The van der Waals surface area contributed by atoms with E-state index in [-0.39, 0.29) is 18.5 Å². The summed E-state index contributed by atoms with van der Waals surface area (Å²) in [7, 11) is 0. The van der Waals surface area contributed by atoms with Crippen molar-refractivity contribution in [2.75, 3.05) is 39.3 Å². The molecule has 0 saturated carbocycles. The molecular weight excluding hydrogens is 369 g/mol. The molecule has 1 aromatic heterocycles. The summed E-state index contributed by atoms with van der Waals surface area (Å²) < 4.78 is 19.6. The predicted octanol–water partition coefficient (Wildman–Crippen LogP) is 2.95. The van der Waals surface area contributed by atoms with Gasteiger partial charge < -0.3 is 9.52 Å². The number of aliphatic hydroxyl groups is 1. The summed E-state index contributed by atoms with van der Waals surface area (Å²) in [6.07, 6.45) is 4.81. The van der Waals surface area contributed by atoms with Crippen LogP contribution in [0, 0.1) is 5.82 Å². The maximum absolute atomic E-state index is 14.1. The molecule has 1 aromatic carbocycles. The lowest BCUT2D eigenvalue weighted by molar-refractivity contribution is 0.0113. The second-order valence-electron chi connectivity index (χ2n) is 8.31. The summed E-state index contributed by atoms with van der Waals surface area (Å²) >= 11 is 0. The first-order valence-electron chi connectivity index (χ1n) is 10.8. The minimum absolute atomic E-state index is 0.137. The van der Waals surface area contributed by atoms with E-state index in [0.717, 1.165) is 57.0 Å². The van der Waals surface area contributed by atoms with Crippen LogP contribution in [0.25, 0.3) is 0 Å². The molecule has 158 valence electrons. The van der Waals surface area contributed by atoms with Crippen molar-refractivity contribution in [1.82, 2.24) is 14.7 Å². The van der Waals surface area contributed by atoms with Crippen molar-refractivity contribution in [3.05, 3.63) is 59.8 Å². The number of halogens is 1. The van der Waals surface area contributed by atoms with Gasteiger partial charge in [0.05, 0.1) is 12.8 Å². The Morgan fingerprint density at radius 3 is 2.55 bits per heavy atom. The number of nitrogens with zero attached hydrogens (tertiary/aromatic N) is 3. The Bertz CT molecular complexity index is 746. The molecule has 0 amide bonds. The van der Waals surface area contributed by atoms with Crippen LogP contribution in [0.3, 0.4) is 0 Å². The summed E-state index contributed by atoms with van der Waals surface area (Å²) in [5.41, 5.74) is 0.745. The van der Waals surface area contributed by atoms with E-state index >= 15 is 0 Å². The van der Waals surface area contributed by atoms with Crippen LogP contribution in [-0.2, 0) is 13.1 Å². The van der Waals surface area contributed by atoms with E-state index in [4.69, 9.17) is 4.42 Å². The van der Waals surface area contributed by atoms with Gasteiger partial charge in [-0.25, -0.2) is 4.39 Å². The monoisotopic (exact) mass is 401 g/mol. The van der Waals surface area contributed by atoms with E-state index in [1.807, 2.05) is 24.3 Å². The molecule has 29 heavy (non-hydrogen) atoms. The van der Waals surface area contributed by atoms with Gasteiger partial charge in [-0.2, -0.15) is 0 Å². The summed E-state index contributed by atoms with van der Waals surface area (Å²) in [5.74, 6) is 0.898. The lowest BCUT2D eigenvalue weighted by Crippen LogP contribution is -2.57. The van der Waals surface area contributed by atoms with E-state index in [1.165, 1.54) is 18.9 Å². The zero-order valence-corrected chi connectivity index (χ0v) is 17.0. The Morgan fingerprint density at radius 2 is 1.83 bits per heavy atom. The molecule has 0 bridgehead atoms. The number of rotatable bonds is 7. The molecule has 0 aliphatic carbocycles. The maximum Gasteiger partial charge on any atom is 0.127 e. The van der Waals surface area contributed by atoms with Crippen LogP contribution < -0.4 is 0 Å². The molecule has 2 saturated heterocycles. The van der Waals surface area contributed by atoms with Gasteiger partial charge in [-0.3, -0.25) is 14.7 Å². The summed E-state index contributed by atoms with van der Waals surface area (Å²) in [5, 5.41) is 9.58. The average molecular weight is 402 g/mol. The fourth-order valence-corrected chi connectivity index (χ4v) is 4.79. The second-order valence-corrected chi connectivity index (χ2v) is 8.31. The highest BCUT2D eigenvalue weighted by atomic mass is 19.1. The fraction of sp³-hybridized carbons (Fsp3) is 0.565. The Balaban J connectivity index is 1.31. The van der Waals surface area contributed by atoms with Crippen molar-refractivity contribution >= 4 is 0 Å². The van der Waals surface area contributed by atoms with Crippen molar-refractivity contribution in [1.29, 1.82) is 0 Å². The van der Waals surface area contributed by atoms with Gasteiger partial charge >= 0.3 is 0 Å². The van der Waals surface area contributed by atoms with Gasteiger partial charge in [0, 0.05) is 63.5 Å². The summed E-state index contributed by atoms with van der Waals surface area (Å²) in [6, 6.07) is 11.9. The van der Waals surface area contributed by atoms with Gasteiger partial charge in [-0.15, -0.1) is 0 Å². The normalized spacial score (nSPS) is 22.9. The Labute approximate surface area is 172 Å². The second kappa shape index (κ2) is 9.85. The Kier molecular flexibility index (Phi) is 6.98. The fourth-order valence-electron chi connectivity index (χ4n) is 4.79. The van der Waals surface area contributed by atoms with E-state index in [9.17, 15) is 9.50 Å². The Morgan fingerprint density at radius 1 is 1.00 bits per heavy atom. The number of benzene rings is 1. The number of aliphatic hydroxyl groups excluding tert-OH is 1. The topological polar surface area (TPSA) is 43.1 Å². The van der Waals surface area contributed by atoms with Crippen molar-refractivity contribution < 1.29 is 13.9 Å². The van der Waals surface area contributed by atoms with Crippen molar-refractivity contribution in [2.24, 2.45) is 0 Å². The molecule has 2 aliphatic rings. The van der Waals surface area contributed by atoms with Crippen LogP contribution in [0.2, 0.25) is 0 Å². The van der Waals surface area contributed by atoms with Crippen LogP contribution >= 0.6 is 0 Å². The third-order valence-electron chi connectivity index (χ3n) is 6.46. The SMILES string of the molecule is OCC[C@@H]1CN(C2CCN(Cc3ccco3)CC2)CCN1Cc1ccccc1F. The molecule has 1 atom stereocenters. The van der Waals surface area contributed by atoms with Crippen molar-refractivity contribution in [2.45, 2.75) is 44.4 Å². The van der Waals surface area contributed by atoms with Crippen LogP contribution in [0.4, 0.5) is 4.39 Å². The third-order valence-corrected chi connectivity index (χ3v) is 6.46. The Hall–Kier alpha value is -1.73. The van der Waals surface area contributed by atoms with Crippen LogP contribution in [-0.4, -0.2) is 71.2 Å². The van der Waals surface area contributed by atoms with Gasteiger partial charge in [-0.1, -0.05) is 18.2 Å². The minimum atomic E-state index is -0.137. The highest BCUT2D eigenvalue weighted by molar-refractivity contribution is 5.17. The molecular formula is C23H32FN3O2. The molecule has 2 aromatic rings. The molecule has 2 aliphatic heterocycles. The number of hydrogen-bond acceptors (Lipinski definition) is 5. The predicted molar refractivity (Wildman–Crippen MR) is 111 cm³/mol. The molecule has 0 unspecified atom stereocenters. The lowest BCUT2D eigenvalue weighted by Gasteiger charge is -2.46. The summed E-state index contributed by atoms with van der Waals surface area (Å²) in [6.45, 7) is 6.75. The largest absolute Gasteiger partial charge is 0.468 e. The number of piperidine rings is 1. The van der Waals surface area contributed by atoms with Gasteiger partial charge in [0.2, 0.25) is 0 Å². The van der Waals surface area contributed by atoms with Gasteiger partial charge in [0.15, 0.2) is 0 Å². The number of furan rings is 1. The quantitative estimate of drug-likeness (QED) is 0.773. The van der Waals surface area contributed by atoms with Crippen molar-refractivity contribution in [3.63, 3.8) is 0 Å². The van der Waals surface area contributed by atoms with E-state index in [0.29, 0.717) is 12.6 Å². The molecule has 2 fully saturated rings. The zero-order chi connectivity index (χ0) is 20.1. The molecule has 5 nitrogen and oxygen atoms in total. The first-order valence-corrected chi connectivity index (χ1v) is 10.8. The van der Waals surface area contributed by atoms with E-state index in [2.05, 4.69) is 14.7 Å². The van der Waals surface area contributed by atoms with Crippen LogP contribution in [0.5, 0.6) is 0 Å². The van der Waals surface area contributed by atoms with Crippen LogP contribution in [0.1, 0.15) is 30.6 Å². The maximum atomic E-state index is 14.1. The molecule has 0 radical (unpaired) electrons. The average Bonchev–Trinajstić information content (AvgIpc) is 3.25. The van der Waals surface area contributed by atoms with E-state index < -0.39 is 0 Å². The highest BCUT2D eigenvalue weighted by Gasteiger charge is 2.32. The first kappa shape index (κ1) is 20.5. The number of hydrogen-bond donors (Lipinski definition) is 1. The smallest absolute Gasteiger partial charge is 0.127 e. The molecule has 1 N–H and O–H groups in total. The van der Waals surface area contributed by atoms with E-state index in [1.54, 1.807) is 12.3 Å². The molecule has 0 spiro atoms. The molecule has 4 rings (SSSR count). The number of likely N-dealkylation sites (tertiary alicyclic amines) is 1. The lowest BCUT2D eigenvalue weighted by atomic mass is 9.99. The standard InChI is InChI=1S/C23H32FN3O2/c24-23-6-2-1-4-19(23)16-26-12-13-27(17-21(26)9-14-28)20-7-10-25(11-8-20)18-22-5-3-15-29-22/h1-6,15,20-21,28H,7-14,16-18H2/t21-/m1/s1. The summed E-state index contributed by atoms with van der Waals surface area (Å²) in [4.78, 5) is 7.41. The third kappa shape index (κ3) is 5.25. The van der Waals surface area contributed by atoms with Crippen molar-refractivity contribution in [3.8, 4) is 0 Å². The highest BCUT2D eigenvalue weighted by Crippen LogP contribution is 2.24. The molecule has 6 heteroatoms. The van der Waals surface area contributed by atoms with Gasteiger partial charge in [-0.05, 0) is 37.5 Å². The zero-order valence-electron chi connectivity index (χ0n) is 17.0. The van der Waals surface area contributed by atoms with Crippen LogP contribution in [0.15, 0.2) is 47.1 Å². The van der Waals surface area contributed by atoms with Gasteiger partial charge in [0.25, 0.3) is 0 Å². The minimum Gasteiger partial charge on any atom is -0.468 e. The first-order chi connectivity index (χ1) is 14.2.